The predicted molar refractivity (Wildman–Crippen MR) is 398 cm³/mol. The Bertz CT molecular complexity index is 3810. The lowest BCUT2D eigenvalue weighted by Crippen LogP contribution is -2.66. The molecule has 37 nitrogen and oxygen atoms in total. The second-order valence-electron chi connectivity index (χ2n) is 28.2. The summed E-state index contributed by atoms with van der Waals surface area (Å²) in [7, 11) is 5.13. The van der Waals surface area contributed by atoms with Crippen LogP contribution in [0.2, 0.25) is 0 Å². The largest absolute Gasteiger partial charge is 0.455 e. The molecular weight excluding hydrogens is 1470 g/mol. The van der Waals surface area contributed by atoms with Crippen LogP contribution in [0.25, 0.3) is 0 Å². The van der Waals surface area contributed by atoms with Gasteiger partial charge < -0.3 is 82.1 Å². The number of aliphatic hydroxyl groups is 1. The first-order valence-corrected chi connectivity index (χ1v) is 37.3. The van der Waals surface area contributed by atoms with Gasteiger partial charge in [-0.2, -0.15) is 0 Å². The van der Waals surface area contributed by atoms with Gasteiger partial charge in [0.1, 0.15) is 53.0 Å². The second kappa shape index (κ2) is 42.7. The third kappa shape index (κ3) is 26.4. The fourth-order valence-corrected chi connectivity index (χ4v) is 12.4. The number of aromatic nitrogens is 1. The van der Waals surface area contributed by atoms with Gasteiger partial charge in [0, 0.05) is 101 Å². The number of carbonyl (C=O) groups excluding carboxylic acids is 17. The molecule has 0 aliphatic carbocycles. The first-order valence-electron chi connectivity index (χ1n) is 36.5. The van der Waals surface area contributed by atoms with Crippen molar-refractivity contribution < 1.29 is 106 Å². The highest BCUT2D eigenvalue weighted by molar-refractivity contribution is 7.09. The highest BCUT2D eigenvalue weighted by Crippen LogP contribution is 2.33. The molecule has 12 atom stereocenters. The number of ether oxygens (including phenoxy) is 4. The van der Waals surface area contributed by atoms with E-state index < -0.39 is 161 Å². The lowest BCUT2D eigenvalue weighted by Gasteiger charge is -2.38. The van der Waals surface area contributed by atoms with Gasteiger partial charge in [-0.3, -0.25) is 91.4 Å². The van der Waals surface area contributed by atoms with Gasteiger partial charge in [0.25, 0.3) is 29.5 Å². The molecule has 0 fully saturated rings. The Hall–Kier alpha value is -10.4. The van der Waals surface area contributed by atoms with Crippen LogP contribution in [0.3, 0.4) is 0 Å². The van der Waals surface area contributed by atoms with Crippen molar-refractivity contribution in [3.05, 3.63) is 64.1 Å². The molecule has 4 heterocycles. The standard InChI is InChI=1S/C73H105N15O22S/c1-16-39(4)59(84-72(106)73(11,12)85(13)14)70(104)86(15)50(38(2)3)36-52(109-45(10)90)69-83-49(37-111-69)66(101)81-47(33-40(5)62(97)74-25-28-89)34-46-17-18-51-48(35-46)82-65(100)43(8)79-63(98)41(6)77-53(91)23-29-107-31-26-75-67(102)60(87-55(93)19-20-56(87)94)61(88-57(95)21-22-58(88)96)68(103)76-27-32-108-30-24-54(92)78-42(7)64(99)80-44(9)71(105)110-51/h17-22,35,37-44,47,50,52,59-61,89H,16,23-34,36H2,1-15H3,(H,74,97)(H,75,102)(H,76,103)(H,77,91)(H,78,92)(H,79,98)(H,80,99)(H,81,101)(H,82,100)(H,84,106)/t39-,40?,41?,42?,43?,44?,47+,50+,52+,59-,60?,61?/m0/s1. The van der Waals surface area contributed by atoms with Gasteiger partial charge in [-0.1, -0.05) is 47.1 Å². The summed E-state index contributed by atoms with van der Waals surface area (Å²) in [6, 6.07) is -7.92. The molecule has 0 radical (unpaired) electrons. The maximum atomic E-state index is 14.5. The van der Waals surface area contributed by atoms with E-state index in [-0.39, 0.29) is 131 Å². The quantitative estimate of drug-likeness (QED) is 0.0342. The molecule has 0 saturated heterocycles. The van der Waals surface area contributed by atoms with Crippen molar-refractivity contribution in [1.29, 1.82) is 0 Å². The van der Waals surface area contributed by atoms with E-state index in [1.807, 2.05) is 27.7 Å². The van der Waals surface area contributed by atoms with Gasteiger partial charge >= 0.3 is 11.9 Å². The summed E-state index contributed by atoms with van der Waals surface area (Å²) < 4.78 is 22.7. The molecule has 0 saturated carbocycles. The van der Waals surface area contributed by atoms with E-state index in [0.717, 1.165) is 35.6 Å². The summed E-state index contributed by atoms with van der Waals surface area (Å²) in [4.78, 5) is 239. The van der Waals surface area contributed by atoms with Crippen molar-refractivity contribution in [3.63, 3.8) is 0 Å². The Labute approximate surface area is 647 Å². The van der Waals surface area contributed by atoms with Gasteiger partial charge in [0.2, 0.25) is 59.1 Å². The van der Waals surface area contributed by atoms with Crippen LogP contribution in [0.15, 0.2) is 47.9 Å². The number of nitrogens with zero attached hydrogens (tertiary/aromatic N) is 5. The Morgan fingerprint density at radius 1 is 0.694 bits per heavy atom. The van der Waals surface area contributed by atoms with Crippen LogP contribution < -0.4 is 57.9 Å². The number of rotatable bonds is 23. The lowest BCUT2D eigenvalue weighted by atomic mass is 9.92. The van der Waals surface area contributed by atoms with Crippen LogP contribution in [0, 0.1) is 17.8 Å². The van der Waals surface area contributed by atoms with E-state index in [2.05, 4.69) is 58.2 Å². The second-order valence-corrected chi connectivity index (χ2v) is 29.1. The van der Waals surface area contributed by atoms with Crippen LogP contribution in [-0.4, -0.2) is 264 Å². The van der Waals surface area contributed by atoms with Crippen molar-refractivity contribution in [2.45, 2.75) is 188 Å². The van der Waals surface area contributed by atoms with Crippen LogP contribution in [-0.2, 0) is 97.3 Å². The molecule has 38 heteroatoms. The molecule has 2 aromatic rings. The molecule has 0 spiro atoms. The fraction of sp³-hybridized carbons (Fsp3) is 0.589. The van der Waals surface area contributed by atoms with Crippen LogP contribution in [0.1, 0.15) is 142 Å². The summed E-state index contributed by atoms with van der Waals surface area (Å²) in [6.07, 6.45) is 1.94. The van der Waals surface area contributed by atoms with E-state index in [1.165, 1.54) is 63.1 Å². The number of fused-ring (bicyclic) bond motifs is 1. The van der Waals surface area contributed by atoms with Crippen molar-refractivity contribution in [2.75, 3.05) is 79.1 Å². The van der Waals surface area contributed by atoms with E-state index in [4.69, 9.17) is 18.9 Å². The smallest absolute Gasteiger partial charge is 0.333 e. The third-order valence-electron chi connectivity index (χ3n) is 18.8. The number of likely N-dealkylation sites (N-methyl/N-ethyl adjacent to an activating group) is 2. The number of amides is 15. The number of esters is 2. The normalized spacial score (nSPS) is 22.0. The minimum Gasteiger partial charge on any atom is -0.455 e. The average molecular weight is 1580 g/mol. The van der Waals surface area contributed by atoms with Crippen LogP contribution in [0.4, 0.5) is 5.69 Å². The third-order valence-corrected chi connectivity index (χ3v) is 19.7. The first kappa shape index (κ1) is 91.2. The molecule has 610 valence electrons. The molecule has 7 unspecified atom stereocenters. The molecule has 1 aromatic heterocycles. The maximum absolute atomic E-state index is 14.5. The molecule has 11 N–H and O–H groups in total. The summed E-state index contributed by atoms with van der Waals surface area (Å²) in [6.45, 7) is 16.6. The monoisotopic (exact) mass is 1580 g/mol. The van der Waals surface area contributed by atoms with E-state index in [0.29, 0.717) is 21.8 Å². The van der Waals surface area contributed by atoms with Gasteiger partial charge in [0.15, 0.2) is 11.9 Å². The summed E-state index contributed by atoms with van der Waals surface area (Å²) >= 11 is 1.01. The Balaban J connectivity index is 1.42. The van der Waals surface area contributed by atoms with Gasteiger partial charge in [-0.05, 0) is 98.0 Å². The zero-order valence-electron chi connectivity index (χ0n) is 65.2. The average Bonchev–Trinajstić information content (AvgIpc) is 1.67. The van der Waals surface area contributed by atoms with Gasteiger partial charge in [0.05, 0.1) is 44.3 Å². The topological polar surface area (TPSA) is 493 Å². The Kier molecular flexibility index (Phi) is 35.0. The predicted octanol–water partition coefficient (Wildman–Crippen LogP) is -1.52. The molecule has 0 bridgehead atoms. The molecule has 111 heavy (non-hydrogen) atoms. The number of nitrogens with one attached hydrogen (secondary N) is 10. The Morgan fingerprint density at radius 2 is 1.21 bits per heavy atom. The maximum Gasteiger partial charge on any atom is 0.333 e. The molecule has 3 aliphatic rings. The van der Waals surface area contributed by atoms with E-state index in [9.17, 15) is 86.6 Å². The highest BCUT2D eigenvalue weighted by atomic mass is 32.1. The minimum atomic E-state index is -2.13. The first-order chi connectivity index (χ1) is 52.2. The molecule has 5 rings (SSSR count). The number of aliphatic hydroxyl groups excluding tert-OH is 1. The minimum absolute atomic E-state index is 0.0341. The number of benzene rings is 1. The number of imide groups is 2. The number of anilines is 1. The van der Waals surface area contributed by atoms with Crippen molar-refractivity contribution in [2.24, 2.45) is 17.8 Å². The number of carbonyl (C=O) groups is 17. The number of hydrogen-bond acceptors (Lipinski definition) is 25. The fourth-order valence-electron chi connectivity index (χ4n) is 11.5. The zero-order chi connectivity index (χ0) is 82.9. The van der Waals surface area contributed by atoms with E-state index in [1.54, 1.807) is 46.8 Å². The van der Waals surface area contributed by atoms with E-state index >= 15 is 0 Å². The SMILES string of the molecule is CC[C@H](C)[C@H](NC(=O)C(C)(C)N(C)C)C(=O)N(C)[C@H](C[C@@H](OC(C)=O)c1nc(C(=O)N[C@@H](Cc2ccc3c(c2)NC(=O)C(C)NC(=O)C(C)NC(=O)CCOCCNC(=O)C(N2C(=O)C=CC2=O)C(N2C(=O)C=CC2=O)C(=O)NCCOCCC(=O)NC(C)C(=O)NC(C)C(=O)O3)CC(C)C(=O)NCCO)cs1)C(C)C. The van der Waals surface area contributed by atoms with Gasteiger partial charge in [-0.25, -0.2) is 9.78 Å². The van der Waals surface area contributed by atoms with Crippen molar-refractivity contribution >= 4 is 118 Å². The highest BCUT2D eigenvalue weighted by Gasteiger charge is 2.51. The Morgan fingerprint density at radius 3 is 1.69 bits per heavy atom. The molecule has 15 amide bonds. The summed E-state index contributed by atoms with van der Waals surface area (Å²) in [5.74, 6) is -15.9. The van der Waals surface area contributed by atoms with Crippen molar-refractivity contribution in [1.82, 2.24) is 72.4 Å². The zero-order valence-corrected chi connectivity index (χ0v) is 66.0. The van der Waals surface area contributed by atoms with Crippen LogP contribution in [0.5, 0.6) is 5.75 Å². The summed E-state index contributed by atoms with van der Waals surface area (Å²) in [5, 5.41) is 37.1. The molecular formula is C73H105N15O22S. The molecule has 1 aromatic carbocycles. The number of thiazole rings is 1. The lowest BCUT2D eigenvalue weighted by molar-refractivity contribution is -0.156. The van der Waals surface area contributed by atoms with Crippen LogP contribution >= 0.6 is 11.3 Å². The molecule has 3 aliphatic heterocycles. The van der Waals surface area contributed by atoms with Gasteiger partial charge in [-0.15, -0.1) is 11.3 Å². The summed E-state index contributed by atoms with van der Waals surface area (Å²) in [5.41, 5.74) is -0.906. The van der Waals surface area contributed by atoms with Crippen molar-refractivity contribution in [3.8, 4) is 5.75 Å². The number of hydrogen-bond donors (Lipinski definition) is 11.